The maximum atomic E-state index is 10.1. The molecule has 2 rings (SSSR count). The third kappa shape index (κ3) is 1.79. The number of halogens is 1. The summed E-state index contributed by atoms with van der Waals surface area (Å²) < 4.78 is 0.882. The summed E-state index contributed by atoms with van der Waals surface area (Å²) in [6.07, 6.45) is 3.38. The Bertz CT molecular complexity index is 390. The van der Waals surface area contributed by atoms with E-state index in [9.17, 15) is 5.11 Å². The highest BCUT2D eigenvalue weighted by Gasteiger charge is 2.21. The molecule has 0 heterocycles. The molecule has 1 unspecified atom stereocenters. The predicted octanol–water partition coefficient (Wildman–Crippen LogP) is 2.71. The van der Waals surface area contributed by atoms with Gasteiger partial charge >= 0.3 is 0 Å². The van der Waals surface area contributed by atoms with Gasteiger partial charge in [-0.2, -0.15) is 0 Å². The lowest BCUT2D eigenvalue weighted by molar-refractivity contribution is 0.459. The van der Waals surface area contributed by atoms with E-state index in [1.54, 1.807) is 0 Å². The van der Waals surface area contributed by atoms with Crippen LogP contribution >= 0.6 is 15.9 Å². The van der Waals surface area contributed by atoms with Crippen LogP contribution in [0.25, 0.3) is 0 Å². The molecular formula is C12H16BrNO. The van der Waals surface area contributed by atoms with Gasteiger partial charge in [-0.15, -0.1) is 0 Å². The van der Waals surface area contributed by atoms with Crippen molar-refractivity contribution in [1.29, 1.82) is 0 Å². The van der Waals surface area contributed by atoms with Gasteiger partial charge in [0.25, 0.3) is 0 Å². The van der Waals surface area contributed by atoms with Gasteiger partial charge in [0.05, 0.1) is 4.47 Å². The summed E-state index contributed by atoms with van der Waals surface area (Å²) in [4.78, 5) is 0. The van der Waals surface area contributed by atoms with Crippen molar-refractivity contribution in [2.24, 2.45) is 5.73 Å². The van der Waals surface area contributed by atoms with Gasteiger partial charge in [0.2, 0.25) is 0 Å². The SMILES string of the molecule is CC(CN)c1cc2c(c(Br)c1O)CCC2. The zero-order valence-corrected chi connectivity index (χ0v) is 10.5. The third-order valence-electron chi connectivity index (χ3n) is 3.22. The Labute approximate surface area is 98.6 Å². The topological polar surface area (TPSA) is 46.2 Å². The molecule has 3 N–H and O–H groups in total. The molecule has 1 aliphatic carbocycles. The molecule has 0 aliphatic heterocycles. The molecule has 1 aromatic carbocycles. The lowest BCUT2D eigenvalue weighted by Gasteiger charge is -2.15. The Kier molecular flexibility index (Phi) is 3.03. The van der Waals surface area contributed by atoms with Crippen LogP contribution in [0, 0.1) is 0 Å². The number of rotatable bonds is 2. The lowest BCUT2D eigenvalue weighted by Crippen LogP contribution is -2.09. The monoisotopic (exact) mass is 269 g/mol. The highest BCUT2D eigenvalue weighted by atomic mass is 79.9. The molecule has 0 saturated carbocycles. The summed E-state index contributed by atoms with van der Waals surface area (Å²) in [6, 6.07) is 2.12. The van der Waals surface area contributed by atoms with E-state index in [-0.39, 0.29) is 5.92 Å². The third-order valence-corrected chi connectivity index (χ3v) is 4.08. The van der Waals surface area contributed by atoms with Gasteiger partial charge in [0.15, 0.2) is 0 Å². The number of benzene rings is 1. The summed E-state index contributed by atoms with van der Waals surface area (Å²) in [5, 5.41) is 10.1. The molecule has 3 heteroatoms. The highest BCUT2D eigenvalue weighted by Crippen LogP contribution is 2.40. The smallest absolute Gasteiger partial charge is 0.133 e. The van der Waals surface area contributed by atoms with Crippen molar-refractivity contribution in [3.8, 4) is 5.75 Å². The maximum absolute atomic E-state index is 10.1. The second-order valence-corrected chi connectivity index (χ2v) is 5.05. The van der Waals surface area contributed by atoms with Crippen LogP contribution in [0.5, 0.6) is 5.75 Å². The molecule has 1 aromatic rings. The van der Waals surface area contributed by atoms with Gasteiger partial charge in [-0.3, -0.25) is 0 Å². The van der Waals surface area contributed by atoms with Crippen molar-refractivity contribution in [2.75, 3.05) is 6.54 Å². The largest absolute Gasteiger partial charge is 0.506 e. The normalized spacial score (nSPS) is 16.5. The van der Waals surface area contributed by atoms with Crippen molar-refractivity contribution in [3.63, 3.8) is 0 Å². The van der Waals surface area contributed by atoms with Crippen LogP contribution < -0.4 is 5.73 Å². The molecule has 0 fully saturated rings. The molecule has 0 bridgehead atoms. The second kappa shape index (κ2) is 4.14. The Hall–Kier alpha value is -0.540. The number of nitrogens with two attached hydrogens (primary N) is 1. The highest BCUT2D eigenvalue weighted by molar-refractivity contribution is 9.10. The predicted molar refractivity (Wildman–Crippen MR) is 65.3 cm³/mol. The van der Waals surface area contributed by atoms with Crippen LogP contribution in [0.2, 0.25) is 0 Å². The van der Waals surface area contributed by atoms with Gasteiger partial charge < -0.3 is 10.8 Å². The molecule has 0 amide bonds. The number of fused-ring (bicyclic) bond motifs is 1. The van der Waals surface area contributed by atoms with E-state index in [4.69, 9.17) is 5.73 Å². The van der Waals surface area contributed by atoms with Gasteiger partial charge in [-0.1, -0.05) is 13.0 Å². The number of phenolic OH excluding ortho intramolecular Hbond substituents is 1. The Morgan fingerprint density at radius 2 is 2.27 bits per heavy atom. The Morgan fingerprint density at radius 1 is 1.53 bits per heavy atom. The first-order chi connectivity index (χ1) is 7.15. The van der Waals surface area contributed by atoms with Crippen LogP contribution in [0.4, 0.5) is 0 Å². The van der Waals surface area contributed by atoms with Crippen LogP contribution in [0.15, 0.2) is 10.5 Å². The van der Waals surface area contributed by atoms with Crippen molar-refractivity contribution >= 4 is 15.9 Å². The Morgan fingerprint density at radius 3 is 2.93 bits per heavy atom. The summed E-state index contributed by atoms with van der Waals surface area (Å²) in [7, 11) is 0. The fourth-order valence-electron chi connectivity index (χ4n) is 2.21. The van der Waals surface area contributed by atoms with Crippen LogP contribution in [-0.4, -0.2) is 11.7 Å². The maximum Gasteiger partial charge on any atom is 0.133 e. The van der Waals surface area contributed by atoms with E-state index >= 15 is 0 Å². The van der Waals surface area contributed by atoms with E-state index in [1.807, 2.05) is 6.92 Å². The van der Waals surface area contributed by atoms with Crippen molar-refractivity contribution < 1.29 is 5.11 Å². The summed E-state index contributed by atoms with van der Waals surface area (Å²) in [5.41, 5.74) is 9.27. The van der Waals surface area contributed by atoms with Crippen molar-refractivity contribution in [3.05, 3.63) is 27.2 Å². The van der Waals surface area contributed by atoms with Gasteiger partial charge in [0.1, 0.15) is 5.75 Å². The molecular weight excluding hydrogens is 254 g/mol. The second-order valence-electron chi connectivity index (χ2n) is 4.26. The van der Waals surface area contributed by atoms with Crippen molar-refractivity contribution in [1.82, 2.24) is 0 Å². The zero-order valence-electron chi connectivity index (χ0n) is 8.89. The molecule has 0 saturated heterocycles. The van der Waals surface area contributed by atoms with E-state index in [2.05, 4.69) is 22.0 Å². The quantitative estimate of drug-likeness (QED) is 0.868. The van der Waals surface area contributed by atoms with Crippen LogP contribution in [-0.2, 0) is 12.8 Å². The molecule has 1 aliphatic rings. The number of aryl methyl sites for hydroxylation is 1. The standard InChI is InChI=1S/C12H16BrNO/c1-7(6-14)10-5-8-3-2-4-9(8)11(13)12(10)15/h5,7,15H,2-4,6,14H2,1H3. The molecule has 0 radical (unpaired) electrons. The molecule has 82 valence electrons. The molecule has 0 aromatic heterocycles. The first-order valence-electron chi connectivity index (χ1n) is 5.38. The zero-order chi connectivity index (χ0) is 11.0. The molecule has 1 atom stereocenters. The Balaban J connectivity index is 2.54. The number of hydrogen-bond donors (Lipinski definition) is 2. The first-order valence-corrected chi connectivity index (χ1v) is 6.17. The van der Waals surface area contributed by atoms with E-state index in [0.717, 1.165) is 22.9 Å². The lowest BCUT2D eigenvalue weighted by atomic mass is 9.96. The average Bonchev–Trinajstić information content (AvgIpc) is 2.70. The van der Waals surface area contributed by atoms with Gasteiger partial charge in [-0.25, -0.2) is 0 Å². The minimum atomic E-state index is 0.215. The van der Waals surface area contributed by atoms with E-state index in [0.29, 0.717) is 12.3 Å². The summed E-state index contributed by atoms with van der Waals surface area (Å²) in [6.45, 7) is 2.61. The molecule has 15 heavy (non-hydrogen) atoms. The number of phenols is 1. The minimum absolute atomic E-state index is 0.215. The summed E-state index contributed by atoms with van der Waals surface area (Å²) >= 11 is 3.49. The fraction of sp³-hybridized carbons (Fsp3) is 0.500. The first kappa shape index (κ1) is 11.0. The minimum Gasteiger partial charge on any atom is -0.506 e. The summed E-state index contributed by atoms with van der Waals surface area (Å²) in [5.74, 6) is 0.598. The number of hydrogen-bond acceptors (Lipinski definition) is 2. The van der Waals surface area contributed by atoms with Crippen LogP contribution in [0.1, 0.15) is 36.0 Å². The van der Waals surface area contributed by atoms with Crippen LogP contribution in [0.3, 0.4) is 0 Å². The van der Waals surface area contributed by atoms with Gasteiger partial charge in [0, 0.05) is 0 Å². The average molecular weight is 270 g/mol. The fourth-order valence-corrected chi connectivity index (χ4v) is 2.89. The number of aromatic hydroxyl groups is 1. The van der Waals surface area contributed by atoms with E-state index in [1.165, 1.54) is 17.5 Å². The molecule has 0 spiro atoms. The van der Waals surface area contributed by atoms with Gasteiger partial charge in [-0.05, 0) is 64.3 Å². The van der Waals surface area contributed by atoms with Crippen molar-refractivity contribution in [2.45, 2.75) is 32.1 Å². The van der Waals surface area contributed by atoms with E-state index < -0.39 is 0 Å². The molecule has 2 nitrogen and oxygen atoms in total.